The van der Waals surface area contributed by atoms with Gasteiger partial charge in [-0.2, -0.15) is 0 Å². The summed E-state index contributed by atoms with van der Waals surface area (Å²) in [6.07, 6.45) is -0.523. The van der Waals surface area contributed by atoms with Crippen molar-refractivity contribution >= 4 is 11.8 Å². The third-order valence-corrected chi connectivity index (χ3v) is 8.86. The molecule has 1 saturated heterocycles. The molecule has 1 aromatic rings. The fraction of sp³-hybridized carbons (Fsp3) is 0.556. The van der Waals surface area contributed by atoms with Gasteiger partial charge in [0.2, 0.25) is 24.1 Å². The molecule has 4 aliphatic heterocycles. The van der Waals surface area contributed by atoms with E-state index in [0.29, 0.717) is 28.4 Å². The predicted molar refractivity (Wildman–Crippen MR) is 126 cm³/mol. The van der Waals surface area contributed by atoms with E-state index in [1.54, 1.807) is 26.8 Å². The second-order valence-electron chi connectivity index (χ2n) is 10.5. The first-order valence-corrected chi connectivity index (χ1v) is 12.3. The summed E-state index contributed by atoms with van der Waals surface area (Å²) in [4.78, 5) is 26.7. The van der Waals surface area contributed by atoms with Gasteiger partial charge in [0.1, 0.15) is 23.2 Å². The number of fused-ring (bicyclic) bond motifs is 4. The minimum Gasteiger partial charge on any atom is -0.496 e. The van der Waals surface area contributed by atoms with Gasteiger partial charge < -0.3 is 38.3 Å². The Labute approximate surface area is 214 Å². The molecule has 1 N–H and O–H groups in total. The lowest BCUT2D eigenvalue weighted by atomic mass is 9.51. The lowest BCUT2D eigenvalue weighted by molar-refractivity contribution is -0.319. The molecule has 6 atom stereocenters. The fourth-order valence-corrected chi connectivity index (χ4v) is 6.79. The van der Waals surface area contributed by atoms with Gasteiger partial charge in [-0.05, 0) is 32.4 Å². The molecule has 0 aromatic heterocycles. The number of rotatable bonds is 4. The summed E-state index contributed by atoms with van der Waals surface area (Å²) in [6.45, 7) is 6.81. The summed E-state index contributed by atoms with van der Waals surface area (Å²) in [6, 6.07) is 1.84. The first-order valence-electron chi connectivity index (χ1n) is 12.3. The zero-order valence-electron chi connectivity index (χ0n) is 21.6. The van der Waals surface area contributed by atoms with Crippen LogP contribution in [0.5, 0.6) is 17.2 Å². The predicted octanol–water partition coefficient (Wildman–Crippen LogP) is 2.61. The quantitative estimate of drug-likeness (QED) is 0.474. The summed E-state index contributed by atoms with van der Waals surface area (Å²) in [5.41, 5.74) is -2.65. The third kappa shape index (κ3) is 2.67. The molecule has 1 fully saturated rings. The minimum atomic E-state index is -1.60. The standard InChI is InChI=1S/C27H30O10/c1-7-12(2)23(29)36-24-25(4,30)13(3)18-14-8-16-20(35-11-34-16)21-17(14)26(10-33-21)22(32-6)19(31-5)15(28)9-27(24,26)37-18/h7-8,13,18,24,30H,9-11H2,1-6H3/b12-7-/t13-,18+,24+,25-,26+,27+/m0/s1. The molecule has 10 heteroatoms. The van der Waals surface area contributed by atoms with E-state index < -0.39 is 46.5 Å². The number of carbonyl (C=O) groups excluding carboxylic acids is 2. The van der Waals surface area contributed by atoms with Crippen molar-refractivity contribution < 1.29 is 47.9 Å². The minimum absolute atomic E-state index is 0.0215. The second-order valence-corrected chi connectivity index (χ2v) is 10.5. The van der Waals surface area contributed by atoms with Gasteiger partial charge in [0, 0.05) is 23.5 Å². The van der Waals surface area contributed by atoms with Crippen LogP contribution in [-0.4, -0.2) is 61.8 Å². The van der Waals surface area contributed by atoms with Crippen LogP contribution in [0.3, 0.4) is 0 Å². The average Bonchev–Trinajstić information content (AvgIpc) is 3.51. The molecule has 0 amide bonds. The number of hydrogen-bond donors (Lipinski definition) is 1. The number of benzene rings is 1. The molecule has 1 aliphatic carbocycles. The van der Waals surface area contributed by atoms with Crippen molar-refractivity contribution in [3.63, 3.8) is 0 Å². The van der Waals surface area contributed by atoms with Gasteiger partial charge in [0.25, 0.3) is 0 Å². The molecule has 5 aliphatic rings. The number of carbonyl (C=O) groups is 2. The number of allylic oxidation sites excluding steroid dienone is 2. The van der Waals surface area contributed by atoms with Crippen molar-refractivity contribution in [3.8, 4) is 17.2 Å². The number of ether oxygens (including phenoxy) is 7. The van der Waals surface area contributed by atoms with Crippen molar-refractivity contribution in [2.75, 3.05) is 27.6 Å². The van der Waals surface area contributed by atoms with E-state index in [1.165, 1.54) is 14.2 Å². The molecule has 2 spiro atoms. The van der Waals surface area contributed by atoms with E-state index in [-0.39, 0.29) is 31.3 Å². The maximum Gasteiger partial charge on any atom is 0.333 e. The molecule has 1 aromatic carbocycles. The Morgan fingerprint density at radius 3 is 2.62 bits per heavy atom. The van der Waals surface area contributed by atoms with Gasteiger partial charge in [-0.1, -0.05) is 13.0 Å². The van der Waals surface area contributed by atoms with Crippen molar-refractivity contribution in [2.45, 2.75) is 62.9 Å². The Balaban J connectivity index is 1.71. The highest BCUT2D eigenvalue weighted by molar-refractivity contribution is 5.98. The van der Waals surface area contributed by atoms with Gasteiger partial charge >= 0.3 is 5.97 Å². The Hall–Kier alpha value is -3.24. The van der Waals surface area contributed by atoms with E-state index in [2.05, 4.69) is 0 Å². The summed E-state index contributed by atoms with van der Waals surface area (Å²) >= 11 is 0. The van der Waals surface area contributed by atoms with Crippen LogP contribution in [0.1, 0.15) is 51.3 Å². The van der Waals surface area contributed by atoms with Crippen LogP contribution in [0, 0.1) is 5.92 Å². The van der Waals surface area contributed by atoms with Crippen LogP contribution in [0.25, 0.3) is 0 Å². The van der Waals surface area contributed by atoms with E-state index in [4.69, 9.17) is 33.2 Å². The van der Waals surface area contributed by atoms with Gasteiger partial charge in [0.15, 0.2) is 23.4 Å². The van der Waals surface area contributed by atoms with Gasteiger partial charge in [-0.25, -0.2) is 4.79 Å². The molecule has 6 rings (SSSR count). The fourth-order valence-electron chi connectivity index (χ4n) is 6.79. The first kappa shape index (κ1) is 24.1. The molecular weight excluding hydrogens is 484 g/mol. The molecule has 10 nitrogen and oxygen atoms in total. The van der Waals surface area contributed by atoms with Crippen LogP contribution in [0.2, 0.25) is 0 Å². The summed E-state index contributed by atoms with van der Waals surface area (Å²) in [5.74, 6) is 0.0958. The van der Waals surface area contributed by atoms with Crippen molar-refractivity contribution in [3.05, 3.63) is 40.4 Å². The molecular formula is C27H30O10. The van der Waals surface area contributed by atoms with Crippen molar-refractivity contribution in [2.24, 2.45) is 5.92 Å². The summed E-state index contributed by atoms with van der Waals surface area (Å²) in [5, 5.41) is 12.1. The number of hydrogen-bond acceptors (Lipinski definition) is 10. The van der Waals surface area contributed by atoms with Gasteiger partial charge in [-0.15, -0.1) is 0 Å². The van der Waals surface area contributed by atoms with E-state index >= 15 is 0 Å². The Morgan fingerprint density at radius 2 is 1.95 bits per heavy atom. The first-order chi connectivity index (χ1) is 17.6. The maximum absolute atomic E-state index is 13.6. The van der Waals surface area contributed by atoms with Crippen LogP contribution in [-0.2, 0) is 34.0 Å². The van der Waals surface area contributed by atoms with Crippen LogP contribution in [0.15, 0.2) is 29.2 Å². The lowest BCUT2D eigenvalue weighted by Gasteiger charge is -2.64. The highest BCUT2D eigenvalue weighted by Crippen LogP contribution is 2.70. The van der Waals surface area contributed by atoms with Crippen molar-refractivity contribution in [1.29, 1.82) is 0 Å². The van der Waals surface area contributed by atoms with E-state index in [1.807, 2.05) is 13.0 Å². The molecule has 4 heterocycles. The summed E-state index contributed by atoms with van der Waals surface area (Å²) < 4.78 is 42.2. The molecule has 0 radical (unpaired) electrons. The zero-order chi connectivity index (χ0) is 26.5. The molecule has 198 valence electrons. The number of aliphatic hydroxyl groups is 1. The molecule has 0 saturated carbocycles. The lowest BCUT2D eigenvalue weighted by Crippen LogP contribution is -2.77. The van der Waals surface area contributed by atoms with Crippen LogP contribution >= 0.6 is 0 Å². The topological polar surface area (TPSA) is 119 Å². The monoisotopic (exact) mass is 514 g/mol. The SMILES string of the molecule is C/C=C(/C)C(=O)O[C@@H]1[C@@](C)(O)[C@@H](C)[C@H]2O[C@]13CC(=O)C(OC)=C(OC)[C@]31COc3c4c(cc2c31)OCO4. The molecule has 2 bridgehead atoms. The smallest absolute Gasteiger partial charge is 0.333 e. The van der Waals surface area contributed by atoms with E-state index in [0.717, 1.165) is 5.56 Å². The number of esters is 1. The number of methoxy groups -OCH3 is 2. The Bertz CT molecular complexity index is 1290. The van der Waals surface area contributed by atoms with E-state index in [9.17, 15) is 14.7 Å². The normalized spacial score (nSPS) is 37.0. The molecule has 0 unspecified atom stereocenters. The summed E-state index contributed by atoms with van der Waals surface area (Å²) in [7, 11) is 2.84. The van der Waals surface area contributed by atoms with Crippen LogP contribution in [0.4, 0.5) is 0 Å². The highest BCUT2D eigenvalue weighted by Gasteiger charge is 2.79. The average molecular weight is 515 g/mol. The third-order valence-electron chi connectivity index (χ3n) is 8.86. The molecule has 37 heavy (non-hydrogen) atoms. The van der Waals surface area contributed by atoms with Gasteiger partial charge in [0.05, 0.1) is 20.3 Å². The highest BCUT2D eigenvalue weighted by atomic mass is 16.7. The number of ketones is 1. The zero-order valence-corrected chi connectivity index (χ0v) is 21.6. The van der Waals surface area contributed by atoms with Crippen LogP contribution < -0.4 is 14.2 Å². The largest absolute Gasteiger partial charge is 0.496 e. The Morgan fingerprint density at radius 1 is 1.19 bits per heavy atom. The second kappa shape index (κ2) is 7.64. The number of Topliss-reactive ketones (excluding diaryl/α,β-unsaturated/α-hetero) is 1. The Kier molecular flexibility index (Phi) is 4.98. The maximum atomic E-state index is 13.6. The van der Waals surface area contributed by atoms with Crippen molar-refractivity contribution in [1.82, 2.24) is 0 Å². The van der Waals surface area contributed by atoms with Gasteiger partial charge in [-0.3, -0.25) is 4.79 Å².